The number of aryl methyl sites for hydroxylation is 1. The molecule has 0 bridgehead atoms. The summed E-state index contributed by atoms with van der Waals surface area (Å²) in [6.07, 6.45) is 6.31. The van der Waals surface area contributed by atoms with Crippen LogP contribution in [0.15, 0.2) is 36.7 Å². The Bertz CT molecular complexity index is 700. The second kappa shape index (κ2) is 5.72. The summed E-state index contributed by atoms with van der Waals surface area (Å²) in [5.41, 5.74) is 2.28. The van der Waals surface area contributed by atoms with Gasteiger partial charge in [-0.05, 0) is 37.0 Å². The minimum atomic E-state index is -0.370. The van der Waals surface area contributed by atoms with Gasteiger partial charge in [-0.3, -0.25) is 9.48 Å². The first-order valence-corrected chi connectivity index (χ1v) is 8.25. The molecule has 2 unspecified atom stereocenters. The van der Waals surface area contributed by atoms with Crippen molar-refractivity contribution in [1.29, 1.82) is 0 Å². The van der Waals surface area contributed by atoms with Crippen molar-refractivity contribution in [3.8, 4) is 5.75 Å². The number of carbonyl (C=O) groups excluding carboxylic acids is 1. The lowest BCUT2D eigenvalue weighted by molar-refractivity contribution is -0.139. The SMILES string of the molecule is Cc1cnn(C2CCCN(C(=O)C3Cc4ccccc4O3)C2)c1. The van der Waals surface area contributed by atoms with Gasteiger partial charge in [0.1, 0.15) is 5.75 Å². The Morgan fingerprint density at radius 2 is 2.22 bits per heavy atom. The molecule has 120 valence electrons. The van der Waals surface area contributed by atoms with E-state index in [9.17, 15) is 4.79 Å². The van der Waals surface area contributed by atoms with Crippen molar-refractivity contribution in [1.82, 2.24) is 14.7 Å². The number of benzene rings is 1. The number of aromatic nitrogens is 2. The van der Waals surface area contributed by atoms with Crippen LogP contribution in [0, 0.1) is 6.92 Å². The van der Waals surface area contributed by atoms with Crippen LogP contribution in [-0.2, 0) is 11.2 Å². The predicted molar refractivity (Wildman–Crippen MR) is 86.4 cm³/mol. The first-order valence-electron chi connectivity index (χ1n) is 8.25. The van der Waals surface area contributed by atoms with Crippen molar-refractivity contribution in [2.45, 2.75) is 38.3 Å². The number of fused-ring (bicyclic) bond motifs is 1. The molecule has 0 saturated carbocycles. The van der Waals surface area contributed by atoms with Crippen LogP contribution < -0.4 is 4.74 Å². The zero-order valence-corrected chi connectivity index (χ0v) is 13.3. The highest BCUT2D eigenvalue weighted by molar-refractivity contribution is 5.82. The monoisotopic (exact) mass is 311 g/mol. The maximum absolute atomic E-state index is 12.8. The normalized spacial score (nSPS) is 23.4. The fourth-order valence-electron chi connectivity index (χ4n) is 3.53. The number of para-hydroxylation sites is 1. The van der Waals surface area contributed by atoms with Gasteiger partial charge < -0.3 is 9.64 Å². The van der Waals surface area contributed by atoms with Gasteiger partial charge in [0.25, 0.3) is 5.91 Å². The molecule has 1 aromatic heterocycles. The summed E-state index contributed by atoms with van der Waals surface area (Å²) in [6, 6.07) is 8.18. The lowest BCUT2D eigenvalue weighted by atomic mass is 10.0. The molecule has 23 heavy (non-hydrogen) atoms. The summed E-state index contributed by atoms with van der Waals surface area (Å²) in [7, 11) is 0. The van der Waals surface area contributed by atoms with Crippen LogP contribution in [0.25, 0.3) is 0 Å². The molecule has 2 aliphatic rings. The van der Waals surface area contributed by atoms with Gasteiger partial charge in [0.15, 0.2) is 6.10 Å². The molecule has 5 heteroatoms. The number of piperidine rings is 1. The number of hydrogen-bond acceptors (Lipinski definition) is 3. The Hall–Kier alpha value is -2.30. The number of nitrogens with zero attached hydrogens (tertiary/aromatic N) is 3. The van der Waals surface area contributed by atoms with Gasteiger partial charge in [-0.2, -0.15) is 5.10 Å². The van der Waals surface area contributed by atoms with Crippen molar-refractivity contribution < 1.29 is 9.53 Å². The summed E-state index contributed by atoms with van der Waals surface area (Å²) in [6.45, 7) is 3.57. The number of carbonyl (C=O) groups is 1. The van der Waals surface area contributed by atoms with Crippen molar-refractivity contribution in [2.75, 3.05) is 13.1 Å². The summed E-state index contributed by atoms with van der Waals surface area (Å²) in [4.78, 5) is 14.8. The molecule has 2 aliphatic heterocycles. The molecular weight excluding hydrogens is 290 g/mol. The fourth-order valence-corrected chi connectivity index (χ4v) is 3.53. The molecular formula is C18H21N3O2. The minimum Gasteiger partial charge on any atom is -0.480 e. The highest BCUT2D eigenvalue weighted by atomic mass is 16.5. The third-order valence-corrected chi connectivity index (χ3v) is 4.74. The maximum atomic E-state index is 12.8. The van der Waals surface area contributed by atoms with Crippen LogP contribution in [0.5, 0.6) is 5.75 Å². The van der Waals surface area contributed by atoms with Crippen molar-refractivity contribution in [2.24, 2.45) is 0 Å². The Morgan fingerprint density at radius 3 is 3.00 bits per heavy atom. The topological polar surface area (TPSA) is 47.4 Å². The molecule has 3 heterocycles. The molecule has 0 N–H and O–H groups in total. The number of amides is 1. The lowest BCUT2D eigenvalue weighted by Crippen LogP contribution is -2.46. The standard InChI is InChI=1S/C18H21N3O2/c1-13-10-19-21(11-13)15-6-4-8-20(12-15)18(22)17-9-14-5-2-3-7-16(14)23-17/h2-3,5,7,10-11,15,17H,4,6,8-9,12H2,1H3. The molecule has 2 aromatic rings. The number of hydrogen-bond donors (Lipinski definition) is 0. The van der Waals surface area contributed by atoms with Gasteiger partial charge in [0.2, 0.25) is 0 Å². The zero-order chi connectivity index (χ0) is 15.8. The second-order valence-electron chi connectivity index (χ2n) is 6.50. The quantitative estimate of drug-likeness (QED) is 0.855. The molecule has 0 aliphatic carbocycles. The van der Waals surface area contributed by atoms with Crippen LogP contribution in [-0.4, -0.2) is 39.8 Å². The van der Waals surface area contributed by atoms with Gasteiger partial charge in [-0.15, -0.1) is 0 Å². The smallest absolute Gasteiger partial charge is 0.264 e. The maximum Gasteiger partial charge on any atom is 0.264 e. The average molecular weight is 311 g/mol. The molecule has 4 rings (SSSR count). The highest BCUT2D eigenvalue weighted by Crippen LogP contribution is 2.30. The fraction of sp³-hybridized carbons (Fsp3) is 0.444. The van der Waals surface area contributed by atoms with E-state index >= 15 is 0 Å². The van der Waals surface area contributed by atoms with Crippen LogP contribution in [0.2, 0.25) is 0 Å². The minimum absolute atomic E-state index is 0.106. The first-order chi connectivity index (χ1) is 11.2. The van der Waals surface area contributed by atoms with E-state index in [4.69, 9.17) is 4.74 Å². The molecule has 0 radical (unpaired) electrons. The predicted octanol–water partition coefficient (Wildman–Crippen LogP) is 2.36. The number of ether oxygens (including phenoxy) is 1. The van der Waals surface area contributed by atoms with Crippen LogP contribution >= 0.6 is 0 Å². The molecule has 1 fully saturated rings. The van der Waals surface area contributed by atoms with Crippen molar-refractivity contribution >= 4 is 5.91 Å². The molecule has 1 saturated heterocycles. The van der Waals surface area contributed by atoms with Gasteiger partial charge in [-0.25, -0.2) is 0 Å². The summed E-state index contributed by atoms with van der Waals surface area (Å²) in [5.74, 6) is 0.955. The summed E-state index contributed by atoms with van der Waals surface area (Å²) >= 11 is 0. The van der Waals surface area contributed by atoms with Gasteiger partial charge in [0.05, 0.1) is 12.2 Å². The third kappa shape index (κ3) is 2.71. The van der Waals surface area contributed by atoms with E-state index < -0.39 is 0 Å². The van der Waals surface area contributed by atoms with E-state index in [2.05, 4.69) is 11.3 Å². The summed E-state index contributed by atoms with van der Waals surface area (Å²) < 4.78 is 7.85. The zero-order valence-electron chi connectivity index (χ0n) is 13.3. The largest absolute Gasteiger partial charge is 0.480 e. The van der Waals surface area contributed by atoms with Crippen molar-refractivity contribution in [3.05, 3.63) is 47.8 Å². The van der Waals surface area contributed by atoms with E-state index in [1.165, 1.54) is 0 Å². The third-order valence-electron chi connectivity index (χ3n) is 4.74. The van der Waals surface area contributed by atoms with Gasteiger partial charge >= 0.3 is 0 Å². The van der Waals surface area contributed by atoms with Crippen LogP contribution in [0.3, 0.4) is 0 Å². The number of rotatable bonds is 2. The Labute approximate surface area is 135 Å². The Morgan fingerprint density at radius 1 is 1.35 bits per heavy atom. The van der Waals surface area contributed by atoms with E-state index in [1.54, 1.807) is 0 Å². The van der Waals surface area contributed by atoms with E-state index in [-0.39, 0.29) is 18.1 Å². The van der Waals surface area contributed by atoms with E-state index in [1.807, 2.05) is 47.0 Å². The highest BCUT2D eigenvalue weighted by Gasteiger charge is 2.34. The first kappa shape index (κ1) is 14.3. The van der Waals surface area contributed by atoms with Gasteiger partial charge in [0, 0.05) is 25.7 Å². The molecule has 1 aromatic carbocycles. The van der Waals surface area contributed by atoms with Crippen LogP contribution in [0.1, 0.15) is 30.0 Å². The van der Waals surface area contributed by atoms with Crippen LogP contribution in [0.4, 0.5) is 0 Å². The molecule has 1 amide bonds. The molecule has 0 spiro atoms. The number of likely N-dealkylation sites (tertiary alicyclic amines) is 1. The van der Waals surface area contributed by atoms with E-state index in [0.717, 1.165) is 42.8 Å². The second-order valence-corrected chi connectivity index (χ2v) is 6.50. The van der Waals surface area contributed by atoms with Gasteiger partial charge in [-0.1, -0.05) is 18.2 Å². The molecule has 2 atom stereocenters. The van der Waals surface area contributed by atoms with Crippen molar-refractivity contribution in [3.63, 3.8) is 0 Å². The molecule has 5 nitrogen and oxygen atoms in total. The lowest BCUT2D eigenvalue weighted by Gasteiger charge is -2.34. The summed E-state index contributed by atoms with van der Waals surface area (Å²) in [5, 5.41) is 4.41. The Kier molecular flexibility index (Phi) is 3.56. The van der Waals surface area contributed by atoms with E-state index in [0.29, 0.717) is 6.42 Å². The Balaban J connectivity index is 1.45. The average Bonchev–Trinajstić information content (AvgIpc) is 3.20.